The molecule has 1 amide bonds. The predicted molar refractivity (Wildman–Crippen MR) is 93.9 cm³/mol. The van der Waals surface area contributed by atoms with Crippen LogP contribution in [0.3, 0.4) is 0 Å². The smallest absolute Gasteiger partial charge is 0.303 e. The number of hydrogen-bond donors (Lipinski definition) is 1. The molecule has 2 rings (SSSR count). The van der Waals surface area contributed by atoms with Gasteiger partial charge in [-0.2, -0.15) is 0 Å². The van der Waals surface area contributed by atoms with Gasteiger partial charge >= 0.3 is 5.97 Å². The third kappa shape index (κ3) is 6.71. The van der Waals surface area contributed by atoms with Gasteiger partial charge in [0.1, 0.15) is 0 Å². The number of carboxylic acids is 1. The van der Waals surface area contributed by atoms with E-state index in [4.69, 9.17) is 5.11 Å². The van der Waals surface area contributed by atoms with Crippen molar-refractivity contribution < 1.29 is 14.7 Å². The summed E-state index contributed by atoms with van der Waals surface area (Å²) in [5.74, 6) is -0.461. The first-order valence-electron chi connectivity index (χ1n) is 8.91. The zero-order valence-corrected chi connectivity index (χ0v) is 14.3. The van der Waals surface area contributed by atoms with Gasteiger partial charge < -0.3 is 10.0 Å². The second-order valence-corrected chi connectivity index (χ2v) is 6.41. The lowest BCUT2D eigenvalue weighted by atomic mass is 10.1. The number of aryl methyl sites for hydroxylation is 1. The molecule has 0 atom stereocenters. The van der Waals surface area contributed by atoms with Crippen LogP contribution in [0, 0.1) is 0 Å². The molecule has 24 heavy (non-hydrogen) atoms. The number of amides is 1. The highest BCUT2D eigenvalue weighted by Gasteiger charge is 2.20. The van der Waals surface area contributed by atoms with Crippen LogP contribution < -0.4 is 0 Å². The van der Waals surface area contributed by atoms with Crippen LogP contribution in [-0.2, 0) is 16.0 Å². The molecule has 0 radical (unpaired) electrons. The number of rotatable bonds is 9. The summed E-state index contributed by atoms with van der Waals surface area (Å²) < 4.78 is 0. The van der Waals surface area contributed by atoms with Crippen LogP contribution in [0.15, 0.2) is 30.3 Å². The first-order chi connectivity index (χ1) is 11.6. The van der Waals surface area contributed by atoms with Crippen molar-refractivity contribution in [2.24, 2.45) is 0 Å². The summed E-state index contributed by atoms with van der Waals surface area (Å²) in [6.07, 6.45) is 4.37. The fraction of sp³-hybridized carbons (Fsp3) is 0.579. The quantitative estimate of drug-likeness (QED) is 0.706. The van der Waals surface area contributed by atoms with Gasteiger partial charge in [0.05, 0.1) is 0 Å². The van der Waals surface area contributed by atoms with Crippen LogP contribution in [0.4, 0.5) is 0 Å². The Morgan fingerprint density at radius 2 is 1.62 bits per heavy atom. The zero-order valence-electron chi connectivity index (χ0n) is 14.3. The largest absolute Gasteiger partial charge is 0.481 e. The Labute approximate surface area is 144 Å². The molecule has 0 aliphatic carbocycles. The van der Waals surface area contributed by atoms with E-state index in [1.54, 1.807) is 0 Å². The Balaban J connectivity index is 1.57. The standard InChI is InChI=1S/C19H28N2O3/c22-18(10-6-9-17-7-2-1-3-8-17)21-15-13-20(14-16-21)12-5-4-11-19(23)24/h1-3,7-8H,4-6,9-16H2,(H,23,24). The van der Waals surface area contributed by atoms with Gasteiger partial charge in [0.2, 0.25) is 5.91 Å². The topological polar surface area (TPSA) is 60.9 Å². The minimum atomic E-state index is -0.721. The number of carbonyl (C=O) groups is 2. The molecule has 1 N–H and O–H groups in total. The van der Waals surface area contributed by atoms with Crippen molar-refractivity contribution in [3.8, 4) is 0 Å². The summed E-state index contributed by atoms with van der Waals surface area (Å²) in [6, 6.07) is 10.3. The number of aliphatic carboxylic acids is 1. The number of benzene rings is 1. The fourth-order valence-electron chi connectivity index (χ4n) is 3.08. The van der Waals surface area contributed by atoms with E-state index in [0.29, 0.717) is 6.42 Å². The first kappa shape index (κ1) is 18.5. The molecule has 1 aromatic carbocycles. The molecule has 5 nitrogen and oxygen atoms in total. The van der Waals surface area contributed by atoms with Crippen LogP contribution in [0.5, 0.6) is 0 Å². The summed E-state index contributed by atoms with van der Waals surface area (Å²) in [5.41, 5.74) is 1.29. The van der Waals surface area contributed by atoms with E-state index in [1.165, 1.54) is 5.56 Å². The van der Waals surface area contributed by atoms with E-state index in [2.05, 4.69) is 17.0 Å². The van der Waals surface area contributed by atoms with Gasteiger partial charge in [-0.05, 0) is 37.8 Å². The molecule has 1 aliphatic rings. The third-order valence-corrected chi connectivity index (χ3v) is 4.54. The van der Waals surface area contributed by atoms with Crippen molar-refractivity contribution in [2.75, 3.05) is 32.7 Å². The summed E-state index contributed by atoms with van der Waals surface area (Å²) in [4.78, 5) is 27.1. The maximum Gasteiger partial charge on any atom is 0.303 e. The molecule has 0 aromatic heterocycles. The number of piperazine rings is 1. The monoisotopic (exact) mass is 332 g/mol. The average molecular weight is 332 g/mol. The normalized spacial score (nSPS) is 15.4. The van der Waals surface area contributed by atoms with Crippen LogP contribution in [-0.4, -0.2) is 59.5 Å². The van der Waals surface area contributed by atoms with E-state index < -0.39 is 5.97 Å². The number of carbonyl (C=O) groups excluding carboxylic acids is 1. The maximum absolute atomic E-state index is 12.3. The molecule has 0 spiro atoms. The van der Waals surface area contributed by atoms with Gasteiger partial charge in [-0.15, -0.1) is 0 Å². The van der Waals surface area contributed by atoms with Crippen molar-refractivity contribution in [3.05, 3.63) is 35.9 Å². The van der Waals surface area contributed by atoms with Crippen LogP contribution >= 0.6 is 0 Å². The van der Waals surface area contributed by atoms with Crippen molar-refractivity contribution in [2.45, 2.75) is 38.5 Å². The zero-order chi connectivity index (χ0) is 17.2. The molecule has 1 heterocycles. The summed E-state index contributed by atoms with van der Waals surface area (Å²) >= 11 is 0. The highest BCUT2D eigenvalue weighted by molar-refractivity contribution is 5.76. The molecule has 5 heteroatoms. The van der Waals surface area contributed by atoms with Crippen LogP contribution in [0.1, 0.15) is 37.7 Å². The molecule has 132 valence electrons. The second-order valence-electron chi connectivity index (χ2n) is 6.41. The lowest BCUT2D eigenvalue weighted by molar-refractivity contribution is -0.137. The molecule has 0 bridgehead atoms. The SMILES string of the molecule is O=C(O)CCCCN1CCN(C(=O)CCCc2ccccc2)CC1. The highest BCUT2D eigenvalue weighted by atomic mass is 16.4. The van der Waals surface area contributed by atoms with Crippen LogP contribution in [0.25, 0.3) is 0 Å². The third-order valence-electron chi connectivity index (χ3n) is 4.54. The highest BCUT2D eigenvalue weighted by Crippen LogP contribution is 2.09. The molecule has 1 aliphatic heterocycles. The molecular weight excluding hydrogens is 304 g/mol. The van der Waals surface area contributed by atoms with Gasteiger partial charge in [-0.3, -0.25) is 14.5 Å². The number of unbranched alkanes of at least 4 members (excludes halogenated alkanes) is 1. The van der Waals surface area contributed by atoms with E-state index >= 15 is 0 Å². The minimum Gasteiger partial charge on any atom is -0.481 e. The molecule has 0 saturated carbocycles. The van der Waals surface area contributed by atoms with Gasteiger partial charge in [-0.25, -0.2) is 0 Å². The first-order valence-corrected chi connectivity index (χ1v) is 8.91. The Kier molecular flexibility index (Phi) is 7.75. The lowest BCUT2D eigenvalue weighted by Crippen LogP contribution is -2.48. The number of hydrogen-bond acceptors (Lipinski definition) is 3. The van der Waals surface area contributed by atoms with Gasteiger partial charge in [0, 0.05) is 39.0 Å². The summed E-state index contributed by atoms with van der Waals surface area (Å²) in [5, 5.41) is 8.63. The van der Waals surface area contributed by atoms with E-state index in [0.717, 1.165) is 58.4 Å². The summed E-state index contributed by atoms with van der Waals surface area (Å²) in [6.45, 7) is 4.32. The molecule has 1 fully saturated rings. The Hall–Kier alpha value is -1.88. The fourth-order valence-corrected chi connectivity index (χ4v) is 3.08. The predicted octanol–water partition coefficient (Wildman–Crippen LogP) is 2.41. The molecule has 1 saturated heterocycles. The Morgan fingerprint density at radius 3 is 2.29 bits per heavy atom. The van der Waals surface area contributed by atoms with Gasteiger partial charge in [0.15, 0.2) is 0 Å². The van der Waals surface area contributed by atoms with E-state index in [1.807, 2.05) is 23.1 Å². The van der Waals surface area contributed by atoms with E-state index in [9.17, 15) is 9.59 Å². The Morgan fingerprint density at radius 1 is 0.917 bits per heavy atom. The maximum atomic E-state index is 12.3. The van der Waals surface area contributed by atoms with Crippen LogP contribution in [0.2, 0.25) is 0 Å². The lowest BCUT2D eigenvalue weighted by Gasteiger charge is -2.34. The van der Waals surface area contributed by atoms with Gasteiger partial charge in [-0.1, -0.05) is 30.3 Å². The number of carboxylic acid groups (broad SMARTS) is 1. The summed E-state index contributed by atoms with van der Waals surface area (Å²) in [7, 11) is 0. The van der Waals surface area contributed by atoms with Crippen molar-refractivity contribution in [1.82, 2.24) is 9.80 Å². The van der Waals surface area contributed by atoms with Crippen molar-refractivity contribution in [1.29, 1.82) is 0 Å². The molecule has 0 unspecified atom stereocenters. The van der Waals surface area contributed by atoms with Crippen molar-refractivity contribution >= 4 is 11.9 Å². The van der Waals surface area contributed by atoms with Gasteiger partial charge in [0.25, 0.3) is 0 Å². The number of nitrogens with zero attached hydrogens (tertiary/aromatic N) is 2. The van der Waals surface area contributed by atoms with Crippen molar-refractivity contribution in [3.63, 3.8) is 0 Å². The van der Waals surface area contributed by atoms with E-state index in [-0.39, 0.29) is 12.3 Å². The molecular formula is C19H28N2O3. The Bertz CT molecular complexity index is 511. The molecule has 1 aromatic rings. The second kappa shape index (κ2) is 10.1. The average Bonchev–Trinajstić information content (AvgIpc) is 2.60. The minimum absolute atomic E-state index is 0.250.